The van der Waals surface area contributed by atoms with E-state index in [1.165, 1.54) is 27.3 Å². The molecule has 0 atom stereocenters. The fraction of sp³-hybridized carbons (Fsp3) is 0. The third kappa shape index (κ3) is 11.9. The van der Waals surface area contributed by atoms with E-state index in [0.717, 1.165) is 191 Å². The zero-order chi connectivity index (χ0) is 98.5. The van der Waals surface area contributed by atoms with E-state index < -0.39 is 18.1 Å². The van der Waals surface area contributed by atoms with Crippen LogP contribution in [0.3, 0.4) is 0 Å². The van der Waals surface area contributed by atoms with Gasteiger partial charge in [0.15, 0.2) is 0 Å². The summed E-state index contributed by atoms with van der Waals surface area (Å²) in [6.07, 6.45) is 0. The Morgan fingerprint density at radius 2 is 0.462 bits per heavy atom. The van der Waals surface area contributed by atoms with Crippen LogP contribution < -0.4 is 0 Å². The van der Waals surface area contributed by atoms with Gasteiger partial charge in [-0.1, -0.05) is 412 Å². The maximum absolute atomic E-state index is 8.88. The van der Waals surface area contributed by atoms with E-state index in [1.54, 1.807) is 0 Å². The number of para-hydroxylation sites is 3. The third-order valence-corrected chi connectivity index (χ3v) is 26.0. The molecule has 0 aliphatic rings. The summed E-state index contributed by atoms with van der Waals surface area (Å²) in [4.78, 5) is 0. The summed E-state index contributed by atoms with van der Waals surface area (Å²) in [6, 6.07) is 121. The Labute approximate surface area is 768 Å². The van der Waals surface area contributed by atoms with Crippen molar-refractivity contribution in [2.75, 3.05) is 0 Å². The van der Waals surface area contributed by atoms with Gasteiger partial charge in [-0.25, -0.2) is 0 Å². The van der Waals surface area contributed by atoms with E-state index in [-0.39, 0.29) is 89.2 Å². The van der Waals surface area contributed by atoms with Crippen LogP contribution in [0.5, 0.6) is 0 Å². The zero-order valence-electron chi connectivity index (χ0n) is 84.4. The molecule has 4 nitrogen and oxygen atoms in total. The van der Waals surface area contributed by atoms with Gasteiger partial charge in [0.25, 0.3) is 0 Å². The molecule has 28 rings (SSSR count). The van der Waals surface area contributed by atoms with Crippen LogP contribution in [0.4, 0.5) is 0 Å². The molecule has 604 valence electrons. The predicted octanol–water partition coefficient (Wildman–Crippen LogP) is 36.4. The molecular weight excluding hydrogens is 1580 g/mol. The van der Waals surface area contributed by atoms with Crippen molar-refractivity contribution in [1.82, 2.24) is 0 Å². The van der Waals surface area contributed by atoms with Crippen LogP contribution in [0.1, 0.15) is 20.6 Å². The first kappa shape index (κ1) is 60.4. The molecule has 0 saturated heterocycles. The Hall–Kier alpha value is -17.2. The quantitative estimate of drug-likeness (QED) is 0.142. The molecule has 0 fully saturated rings. The van der Waals surface area contributed by atoms with Crippen LogP contribution in [0, 0.1) is 0 Å². The second-order valence-electron chi connectivity index (χ2n) is 33.0. The Kier molecular flexibility index (Phi) is 14.1. The van der Waals surface area contributed by atoms with Crippen molar-refractivity contribution in [2.24, 2.45) is 0 Å². The summed E-state index contributed by atoms with van der Waals surface area (Å²) in [5.74, 6) is 0. The van der Waals surface area contributed by atoms with E-state index in [0.29, 0.717) is 39.0 Å². The topological polar surface area (TPSA) is 52.6 Å². The summed E-state index contributed by atoms with van der Waals surface area (Å²) in [5, 5.41) is 25.8. The van der Waals surface area contributed by atoms with Crippen LogP contribution in [0.15, 0.2) is 478 Å². The molecular formula is C126H76O4. The molecule has 0 amide bonds. The van der Waals surface area contributed by atoms with Gasteiger partial charge in [-0.15, -0.1) is 0 Å². The second kappa shape index (κ2) is 30.3. The Morgan fingerprint density at radius 1 is 0.146 bits per heavy atom. The SMILES string of the molecule is [2H]c1c([2H])c([2H])c(-c2c3ccccc3c(-c3c4oc5ccccc5c4cc4c3oc3ccccc34)c3ccccc23)c([2H])c1[2H].[2H]c1c([2H])c([2H])c(-c2c3ccccc3c(-c3ccc(-c4cccc5c4oc4cc6ccccc6cc45)cc3)c3ccccc23)c([2H])c1[2H].[2H]c1c([2H])c([2H])c(-c2ccc(-c3c4ccccc4c(-c4cccc5ccccc45)c4ccccc34)c3c2oc2cc4ccccc4cc23)c([2H])c1[2H]. The normalized spacial score (nSPS) is 13.5. The van der Waals surface area contributed by atoms with E-state index in [9.17, 15) is 0 Å². The molecule has 0 saturated carbocycles. The van der Waals surface area contributed by atoms with Crippen molar-refractivity contribution in [1.29, 1.82) is 0 Å². The lowest BCUT2D eigenvalue weighted by atomic mass is 9.83. The zero-order valence-corrected chi connectivity index (χ0v) is 69.4. The van der Waals surface area contributed by atoms with Crippen molar-refractivity contribution < 1.29 is 38.2 Å². The fourth-order valence-electron chi connectivity index (χ4n) is 20.4. The molecule has 0 N–H and O–H groups in total. The number of furan rings is 4. The molecule has 4 heteroatoms. The smallest absolute Gasteiger partial charge is 0.147 e. The van der Waals surface area contributed by atoms with Crippen molar-refractivity contribution in [3.05, 3.63) is 461 Å². The summed E-state index contributed by atoms with van der Waals surface area (Å²) >= 11 is 0. The van der Waals surface area contributed by atoms with Gasteiger partial charge in [-0.2, -0.15) is 0 Å². The predicted molar refractivity (Wildman–Crippen MR) is 549 cm³/mol. The largest absolute Gasteiger partial charge is 0.455 e. The van der Waals surface area contributed by atoms with Gasteiger partial charge in [0, 0.05) is 59.8 Å². The highest BCUT2D eigenvalue weighted by Crippen LogP contribution is 2.55. The van der Waals surface area contributed by atoms with E-state index in [1.807, 2.05) is 176 Å². The summed E-state index contributed by atoms with van der Waals surface area (Å²) < 4.78 is 155. The molecule has 0 unspecified atom stereocenters. The van der Waals surface area contributed by atoms with Gasteiger partial charge in [0.05, 0.1) is 26.1 Å². The molecule has 0 aliphatic heterocycles. The van der Waals surface area contributed by atoms with Gasteiger partial charge < -0.3 is 17.7 Å². The summed E-state index contributed by atoms with van der Waals surface area (Å²) in [5.41, 5.74) is 18.1. The highest BCUT2D eigenvalue weighted by molar-refractivity contribution is 6.32. The Morgan fingerprint density at radius 3 is 0.946 bits per heavy atom. The molecule has 0 spiro atoms. The first-order valence-electron chi connectivity index (χ1n) is 50.8. The third-order valence-electron chi connectivity index (χ3n) is 26.0. The van der Waals surface area contributed by atoms with Crippen LogP contribution >= 0.6 is 0 Å². The van der Waals surface area contributed by atoms with Crippen LogP contribution in [-0.4, -0.2) is 0 Å². The van der Waals surface area contributed by atoms with Crippen molar-refractivity contribution in [2.45, 2.75) is 0 Å². The number of hydrogen-bond donors (Lipinski definition) is 0. The summed E-state index contributed by atoms with van der Waals surface area (Å²) in [7, 11) is 0. The maximum atomic E-state index is 8.88. The lowest BCUT2D eigenvalue weighted by Crippen LogP contribution is -1.92. The van der Waals surface area contributed by atoms with Crippen molar-refractivity contribution >= 4 is 185 Å². The number of fused-ring (bicyclic) bond motifs is 21. The molecule has 130 heavy (non-hydrogen) atoms. The molecule has 0 radical (unpaired) electrons. The monoisotopic (exact) mass is 1670 g/mol. The lowest BCUT2D eigenvalue weighted by molar-refractivity contribution is 0.658. The number of benzene rings is 24. The standard InChI is InChI=1S/C46H28O.C42H26O.C38H22O2/c1-2-13-30(14-3-1)34-25-26-40(45-41-27-31-16-4-5-17-32(31)28-42(41)47-46(34)45)44-38-22-10-8-20-36(38)43(37-21-9-11-23-39(37)44)35-24-12-18-29-15-6-7-19-33(29)35;1-2-11-28(12-3-1)40-33-15-6-8-17-35(33)41(36-18-9-7-16-34(36)40)29-23-21-27(22-24-29)32-19-10-20-37-38-25-30-13-4-5-14-31(30)26-39(38)43-42(32)37;1-2-12-23(13-3-1)34-26-16-4-6-18-28(26)35(29-19-7-5-17-27(29)34)36-37-30(24-14-8-10-20-32(24)39-37)22-31-25-15-9-11-21-33(25)40-38(31)36/h1-28H;1-26H;1-22H/i1D,2D,3D,13D,14D;1D,2D,3D,11D,12D;1D,2D,3D,12D,13D. The van der Waals surface area contributed by atoms with Gasteiger partial charge in [0.2, 0.25) is 0 Å². The maximum Gasteiger partial charge on any atom is 0.147 e. The van der Waals surface area contributed by atoms with Crippen molar-refractivity contribution in [3.8, 4) is 89.0 Å². The Bertz CT molecular complexity index is 10200. The first-order chi connectivity index (χ1) is 70.7. The van der Waals surface area contributed by atoms with Crippen LogP contribution in [0.2, 0.25) is 0 Å². The molecule has 4 aromatic heterocycles. The second-order valence-corrected chi connectivity index (χ2v) is 33.0. The minimum Gasteiger partial charge on any atom is -0.455 e. The Balaban J connectivity index is 0.000000111. The molecule has 0 bridgehead atoms. The number of rotatable bonds is 8. The molecule has 28 aromatic rings. The minimum absolute atomic E-state index is 0.118. The molecule has 0 aliphatic carbocycles. The highest BCUT2D eigenvalue weighted by Gasteiger charge is 2.29. The van der Waals surface area contributed by atoms with Gasteiger partial charge in [-0.3, -0.25) is 0 Å². The van der Waals surface area contributed by atoms with Gasteiger partial charge >= 0.3 is 0 Å². The van der Waals surface area contributed by atoms with E-state index >= 15 is 0 Å². The van der Waals surface area contributed by atoms with Crippen LogP contribution in [0.25, 0.3) is 274 Å². The minimum atomic E-state index is -0.424. The first-order valence-corrected chi connectivity index (χ1v) is 43.3. The highest BCUT2D eigenvalue weighted by atomic mass is 16.3. The van der Waals surface area contributed by atoms with Gasteiger partial charge in [-0.05, 0) is 212 Å². The van der Waals surface area contributed by atoms with E-state index in [4.69, 9.17) is 38.2 Å². The van der Waals surface area contributed by atoms with Crippen molar-refractivity contribution in [3.63, 3.8) is 0 Å². The van der Waals surface area contributed by atoms with Gasteiger partial charge in [0.1, 0.15) is 44.7 Å². The lowest BCUT2D eigenvalue weighted by Gasteiger charge is -2.19. The molecule has 4 heterocycles. The van der Waals surface area contributed by atoms with Crippen LogP contribution in [-0.2, 0) is 0 Å². The molecule has 24 aromatic carbocycles. The fourth-order valence-corrected chi connectivity index (χ4v) is 20.4. The average Bonchev–Trinajstić information content (AvgIpc) is 1.50. The van der Waals surface area contributed by atoms with E-state index in [2.05, 4.69) is 194 Å². The summed E-state index contributed by atoms with van der Waals surface area (Å²) in [6.45, 7) is 0. The number of hydrogen-bond acceptors (Lipinski definition) is 4. The average molecular weight is 1670 g/mol.